The lowest BCUT2D eigenvalue weighted by Gasteiger charge is -2.17. The lowest BCUT2D eigenvalue weighted by molar-refractivity contribution is -0.385. The van der Waals surface area contributed by atoms with E-state index in [0.717, 1.165) is 27.2 Å². The normalized spacial score (nSPS) is 12.4. The number of sulfonamides is 2. The molecule has 0 spiro atoms. The van der Waals surface area contributed by atoms with Gasteiger partial charge in [0.2, 0.25) is 20.0 Å². The number of nitro groups is 1. The van der Waals surface area contributed by atoms with Crippen LogP contribution in [0.25, 0.3) is 0 Å². The van der Waals surface area contributed by atoms with Gasteiger partial charge in [0.25, 0.3) is 5.69 Å². The van der Waals surface area contributed by atoms with E-state index in [9.17, 15) is 26.9 Å². The number of hydrogen-bond donors (Lipinski definition) is 0. The average molecular weight is 425 g/mol. The zero-order valence-electron chi connectivity index (χ0n) is 15.5. The number of nitrogens with zero attached hydrogens (tertiary/aromatic N) is 3. The van der Waals surface area contributed by atoms with Crippen molar-refractivity contribution in [3.05, 3.63) is 28.3 Å². The minimum atomic E-state index is -3.38. The standard InChI is InChI=1S/C14H23N3O8S2/c1-15(26(3,20)21)7-9-24-13-6-5-12(17(18)19)11-14(13)25-10-8-16(2)27(4,22)23/h5-6,11H,7-10H2,1-4H3. The van der Waals surface area contributed by atoms with Gasteiger partial charge in [0.05, 0.1) is 23.5 Å². The highest BCUT2D eigenvalue weighted by molar-refractivity contribution is 7.88. The minimum absolute atomic E-state index is 0.000975. The molecule has 0 amide bonds. The van der Waals surface area contributed by atoms with Gasteiger partial charge in [0.15, 0.2) is 11.5 Å². The van der Waals surface area contributed by atoms with E-state index in [2.05, 4.69) is 0 Å². The van der Waals surface area contributed by atoms with Crippen molar-refractivity contribution in [1.29, 1.82) is 0 Å². The Bertz CT molecular complexity index is 870. The number of nitro benzene ring substituents is 1. The molecule has 0 saturated carbocycles. The highest BCUT2D eigenvalue weighted by atomic mass is 32.2. The Kier molecular flexibility index (Phi) is 7.95. The van der Waals surface area contributed by atoms with Crippen LogP contribution in [0.15, 0.2) is 18.2 Å². The maximum Gasteiger partial charge on any atom is 0.273 e. The van der Waals surface area contributed by atoms with E-state index in [-0.39, 0.29) is 43.5 Å². The maximum absolute atomic E-state index is 11.4. The predicted molar refractivity (Wildman–Crippen MR) is 99.0 cm³/mol. The molecule has 0 bridgehead atoms. The molecule has 0 aliphatic heterocycles. The van der Waals surface area contributed by atoms with Crippen LogP contribution in [-0.2, 0) is 20.0 Å². The molecule has 11 nitrogen and oxygen atoms in total. The molecule has 13 heteroatoms. The van der Waals surface area contributed by atoms with Crippen LogP contribution in [-0.4, -0.2) is 83.3 Å². The molecule has 1 aromatic rings. The summed E-state index contributed by atoms with van der Waals surface area (Å²) in [5, 5.41) is 10.9. The summed E-state index contributed by atoms with van der Waals surface area (Å²) in [6.07, 6.45) is 2.11. The zero-order chi connectivity index (χ0) is 20.8. The third kappa shape index (κ3) is 7.66. The summed E-state index contributed by atoms with van der Waals surface area (Å²) in [5.41, 5.74) is -0.220. The van der Waals surface area contributed by atoms with Crippen LogP contribution in [0.5, 0.6) is 11.5 Å². The van der Waals surface area contributed by atoms with Gasteiger partial charge in [0, 0.05) is 33.3 Å². The van der Waals surface area contributed by atoms with E-state index >= 15 is 0 Å². The van der Waals surface area contributed by atoms with Gasteiger partial charge in [-0.2, -0.15) is 0 Å². The third-order valence-electron chi connectivity index (χ3n) is 3.60. The Morgan fingerprint density at radius 1 is 0.926 bits per heavy atom. The smallest absolute Gasteiger partial charge is 0.273 e. The lowest BCUT2D eigenvalue weighted by Crippen LogP contribution is -2.30. The van der Waals surface area contributed by atoms with Gasteiger partial charge in [-0.05, 0) is 6.07 Å². The van der Waals surface area contributed by atoms with Gasteiger partial charge < -0.3 is 9.47 Å². The van der Waals surface area contributed by atoms with Crippen LogP contribution in [0, 0.1) is 10.1 Å². The lowest BCUT2D eigenvalue weighted by atomic mass is 10.3. The van der Waals surface area contributed by atoms with Gasteiger partial charge in [-0.1, -0.05) is 0 Å². The first-order chi connectivity index (χ1) is 12.3. The predicted octanol–water partition coefficient (Wildman–Crippen LogP) is 0.135. The molecule has 0 heterocycles. The van der Waals surface area contributed by atoms with E-state index < -0.39 is 25.0 Å². The SMILES string of the molecule is CN(CCOc1ccc([N+](=O)[O-])cc1OCCN(C)S(C)(=O)=O)S(C)(=O)=O. The molecule has 1 aromatic carbocycles. The molecule has 1 rings (SSSR count). The van der Waals surface area contributed by atoms with E-state index in [0.29, 0.717) is 0 Å². The van der Waals surface area contributed by atoms with Crippen LogP contribution in [0.4, 0.5) is 5.69 Å². The summed E-state index contributed by atoms with van der Waals surface area (Å²) in [4.78, 5) is 10.3. The van der Waals surface area contributed by atoms with Crippen molar-refractivity contribution in [1.82, 2.24) is 8.61 Å². The molecule has 0 saturated heterocycles. The van der Waals surface area contributed by atoms with Crippen LogP contribution in [0.1, 0.15) is 0 Å². The van der Waals surface area contributed by atoms with Crippen LogP contribution in [0.2, 0.25) is 0 Å². The Labute approximate surface area is 158 Å². The Balaban J connectivity index is 2.83. The Hall–Kier alpha value is -1.96. The van der Waals surface area contributed by atoms with Crippen LogP contribution < -0.4 is 9.47 Å². The Morgan fingerprint density at radius 3 is 1.78 bits per heavy atom. The summed E-state index contributed by atoms with van der Waals surface area (Å²) < 4.78 is 58.6. The molecule has 154 valence electrons. The second-order valence-electron chi connectivity index (χ2n) is 5.75. The largest absolute Gasteiger partial charge is 0.488 e. The van der Waals surface area contributed by atoms with Gasteiger partial charge >= 0.3 is 0 Å². The van der Waals surface area contributed by atoms with Crippen molar-refractivity contribution in [2.45, 2.75) is 0 Å². The van der Waals surface area contributed by atoms with Gasteiger partial charge in [0.1, 0.15) is 13.2 Å². The maximum atomic E-state index is 11.4. The van der Waals surface area contributed by atoms with Crippen molar-refractivity contribution in [2.75, 3.05) is 52.9 Å². The van der Waals surface area contributed by atoms with E-state index in [4.69, 9.17) is 9.47 Å². The van der Waals surface area contributed by atoms with Crippen LogP contribution >= 0.6 is 0 Å². The summed E-state index contributed by atoms with van der Waals surface area (Å²) in [5.74, 6) is 0.248. The van der Waals surface area contributed by atoms with Crippen molar-refractivity contribution >= 4 is 25.7 Å². The Morgan fingerprint density at radius 2 is 1.37 bits per heavy atom. The summed E-state index contributed by atoms with van der Waals surface area (Å²) in [6.45, 7) is 0.0647. The van der Waals surface area contributed by atoms with Crippen molar-refractivity contribution in [3.8, 4) is 11.5 Å². The molecule has 0 aromatic heterocycles. The number of benzene rings is 1. The van der Waals surface area contributed by atoms with Crippen molar-refractivity contribution in [2.24, 2.45) is 0 Å². The molecule has 0 aliphatic carbocycles. The summed E-state index contributed by atoms with van der Waals surface area (Å²) in [7, 11) is -3.95. The molecule has 0 unspecified atom stereocenters. The quantitative estimate of drug-likeness (QED) is 0.360. The zero-order valence-corrected chi connectivity index (χ0v) is 17.1. The van der Waals surface area contributed by atoms with E-state index in [1.54, 1.807) is 0 Å². The molecule has 0 fully saturated rings. The second-order valence-corrected chi connectivity index (χ2v) is 9.93. The molecule has 0 aliphatic rings. The molecule has 0 radical (unpaired) electrons. The number of non-ortho nitro benzene ring substituents is 1. The fourth-order valence-electron chi connectivity index (χ4n) is 1.74. The first kappa shape index (κ1) is 23.1. The summed E-state index contributed by atoms with van der Waals surface area (Å²) in [6, 6.07) is 3.73. The molecule has 0 N–H and O–H groups in total. The monoisotopic (exact) mass is 425 g/mol. The minimum Gasteiger partial charge on any atom is -0.488 e. The molecule has 27 heavy (non-hydrogen) atoms. The average Bonchev–Trinajstić information content (AvgIpc) is 2.53. The fourth-order valence-corrected chi connectivity index (χ4v) is 2.55. The highest BCUT2D eigenvalue weighted by Crippen LogP contribution is 2.31. The van der Waals surface area contributed by atoms with Gasteiger partial charge in [-0.25, -0.2) is 25.4 Å². The second kappa shape index (κ2) is 9.30. The molecular formula is C14H23N3O8S2. The van der Waals surface area contributed by atoms with Crippen molar-refractivity contribution < 1.29 is 31.2 Å². The number of ether oxygens (including phenoxy) is 2. The summed E-state index contributed by atoms with van der Waals surface area (Å²) >= 11 is 0. The molecule has 0 atom stereocenters. The van der Waals surface area contributed by atoms with Crippen LogP contribution in [0.3, 0.4) is 0 Å². The van der Waals surface area contributed by atoms with E-state index in [1.165, 1.54) is 26.2 Å². The fraction of sp³-hybridized carbons (Fsp3) is 0.571. The number of rotatable bonds is 11. The number of likely N-dealkylation sites (N-methyl/N-ethyl adjacent to an activating group) is 2. The van der Waals surface area contributed by atoms with Crippen molar-refractivity contribution in [3.63, 3.8) is 0 Å². The first-order valence-electron chi connectivity index (χ1n) is 7.69. The molecular weight excluding hydrogens is 402 g/mol. The van der Waals surface area contributed by atoms with Gasteiger partial charge in [-0.15, -0.1) is 0 Å². The first-order valence-corrected chi connectivity index (χ1v) is 11.4. The van der Waals surface area contributed by atoms with E-state index in [1.807, 2.05) is 0 Å². The highest BCUT2D eigenvalue weighted by Gasteiger charge is 2.16. The van der Waals surface area contributed by atoms with Gasteiger partial charge in [-0.3, -0.25) is 10.1 Å². The third-order valence-corrected chi connectivity index (χ3v) is 6.23. The number of hydrogen-bond acceptors (Lipinski definition) is 8. The topological polar surface area (TPSA) is 136 Å².